The third kappa shape index (κ3) is 1.43. The van der Waals surface area contributed by atoms with Crippen molar-refractivity contribution in [2.75, 3.05) is 5.32 Å². The maximum atomic E-state index is 5.83. The van der Waals surface area contributed by atoms with E-state index in [2.05, 4.69) is 15.3 Å². The number of benzene rings is 1. The Morgan fingerprint density at radius 2 is 2.11 bits per heavy atom. The van der Waals surface area contributed by atoms with Gasteiger partial charge in [0.05, 0.1) is 6.26 Å². The van der Waals surface area contributed by atoms with Crippen molar-refractivity contribution in [3.05, 3.63) is 48.4 Å². The quantitative estimate of drug-likeness (QED) is 0.573. The molecule has 0 radical (unpaired) electrons. The van der Waals surface area contributed by atoms with Crippen molar-refractivity contribution in [3.63, 3.8) is 0 Å². The van der Waals surface area contributed by atoms with Gasteiger partial charge < -0.3 is 10.2 Å². The second-order valence-electron chi connectivity index (χ2n) is 4.39. The summed E-state index contributed by atoms with van der Waals surface area (Å²) in [6.45, 7) is 0. The van der Waals surface area contributed by atoms with Crippen molar-refractivity contribution in [2.24, 2.45) is 10.7 Å². The maximum Gasteiger partial charge on any atom is 0.365 e. The molecule has 19 heavy (non-hydrogen) atoms. The molecule has 0 bridgehead atoms. The fourth-order valence-electron chi connectivity index (χ4n) is 2.42. The molecule has 1 aromatic carbocycles. The van der Waals surface area contributed by atoms with Crippen LogP contribution in [-0.2, 0) is 0 Å². The highest BCUT2D eigenvalue weighted by Crippen LogP contribution is 2.23. The van der Waals surface area contributed by atoms with Gasteiger partial charge in [0.2, 0.25) is 6.17 Å². The standard InChI is InChI=1S/C13H11N5O/c14-12-16-11(10-6-3-7-19-10)18-9-5-2-1-4-8(9)15-13(18)17-12/h1-7,11H,(H3,14,15,16,17)/p+1/t11-/m1/s1. The summed E-state index contributed by atoms with van der Waals surface area (Å²) in [5.41, 5.74) is 7.90. The third-order valence-electron chi connectivity index (χ3n) is 3.21. The number of hydrogen-bond acceptors (Lipinski definition) is 4. The lowest BCUT2D eigenvalue weighted by molar-refractivity contribution is -0.676. The molecule has 3 heterocycles. The minimum absolute atomic E-state index is 0.289. The minimum Gasteiger partial charge on any atom is -0.463 e. The Bertz CT molecular complexity index is 772. The van der Waals surface area contributed by atoms with E-state index in [0.29, 0.717) is 5.96 Å². The number of imidazole rings is 1. The zero-order chi connectivity index (χ0) is 12.8. The number of nitrogens with one attached hydrogen (secondary N) is 2. The Morgan fingerprint density at radius 1 is 1.21 bits per heavy atom. The van der Waals surface area contributed by atoms with E-state index in [9.17, 15) is 0 Å². The van der Waals surface area contributed by atoms with Crippen LogP contribution in [0.5, 0.6) is 0 Å². The van der Waals surface area contributed by atoms with Crippen LogP contribution in [0.15, 0.2) is 52.1 Å². The van der Waals surface area contributed by atoms with E-state index in [0.717, 1.165) is 22.7 Å². The van der Waals surface area contributed by atoms with Crippen molar-refractivity contribution in [1.29, 1.82) is 0 Å². The van der Waals surface area contributed by atoms with E-state index in [1.54, 1.807) is 6.26 Å². The summed E-state index contributed by atoms with van der Waals surface area (Å²) in [6, 6.07) is 11.8. The van der Waals surface area contributed by atoms with Crippen LogP contribution in [0.3, 0.4) is 0 Å². The number of hydrogen-bond donors (Lipinski definition) is 3. The fraction of sp³-hybridized carbons (Fsp3) is 0.0769. The number of H-pyrrole nitrogens is 1. The van der Waals surface area contributed by atoms with Crippen LogP contribution < -0.4 is 15.6 Å². The minimum atomic E-state index is -0.289. The molecule has 4 rings (SSSR count). The normalized spacial score (nSPS) is 17.9. The Morgan fingerprint density at radius 3 is 2.95 bits per heavy atom. The summed E-state index contributed by atoms with van der Waals surface area (Å²) in [6.07, 6.45) is 1.35. The molecule has 0 amide bonds. The van der Waals surface area contributed by atoms with Gasteiger partial charge in [-0.2, -0.15) is 9.56 Å². The molecule has 0 unspecified atom stereocenters. The molecule has 0 spiro atoms. The van der Waals surface area contributed by atoms with Gasteiger partial charge in [-0.1, -0.05) is 12.1 Å². The highest BCUT2D eigenvalue weighted by Gasteiger charge is 2.32. The molecule has 1 aliphatic rings. The van der Waals surface area contributed by atoms with Crippen molar-refractivity contribution in [2.45, 2.75) is 6.17 Å². The molecular formula is C13H12N5O+. The molecule has 6 nitrogen and oxygen atoms in total. The summed E-state index contributed by atoms with van der Waals surface area (Å²) in [5, 5.41) is 3.03. The smallest absolute Gasteiger partial charge is 0.365 e. The number of nitrogens with two attached hydrogens (primary N) is 1. The van der Waals surface area contributed by atoms with Crippen LogP contribution in [0.2, 0.25) is 0 Å². The van der Waals surface area contributed by atoms with Crippen LogP contribution in [0.4, 0.5) is 5.95 Å². The topological polar surface area (TPSA) is 83.2 Å². The van der Waals surface area contributed by atoms with Crippen LogP contribution in [-0.4, -0.2) is 10.9 Å². The molecule has 4 N–H and O–H groups in total. The lowest BCUT2D eigenvalue weighted by Crippen LogP contribution is -2.47. The van der Waals surface area contributed by atoms with Crippen molar-refractivity contribution < 1.29 is 8.98 Å². The second-order valence-corrected chi connectivity index (χ2v) is 4.39. The number of fused-ring (bicyclic) bond motifs is 3. The molecule has 3 aromatic rings. The predicted molar refractivity (Wildman–Crippen MR) is 70.6 cm³/mol. The number of anilines is 1. The van der Waals surface area contributed by atoms with Gasteiger partial charge in [-0.25, -0.2) is 10.3 Å². The van der Waals surface area contributed by atoms with E-state index < -0.39 is 0 Å². The Balaban J connectivity index is 2.00. The van der Waals surface area contributed by atoms with Crippen LogP contribution in [0.1, 0.15) is 11.9 Å². The summed E-state index contributed by atoms with van der Waals surface area (Å²) < 4.78 is 7.50. The van der Waals surface area contributed by atoms with Gasteiger partial charge in [-0.3, -0.25) is 0 Å². The van der Waals surface area contributed by atoms with Gasteiger partial charge in [-0.05, 0) is 24.3 Å². The number of aromatic nitrogens is 2. The maximum absolute atomic E-state index is 5.83. The molecule has 2 aromatic heterocycles. The van der Waals surface area contributed by atoms with Gasteiger partial charge in [0.25, 0.3) is 5.96 Å². The highest BCUT2D eigenvalue weighted by molar-refractivity contribution is 5.92. The average Bonchev–Trinajstić information content (AvgIpc) is 3.04. The molecule has 0 saturated heterocycles. The number of guanidine groups is 1. The van der Waals surface area contributed by atoms with Crippen molar-refractivity contribution >= 4 is 22.9 Å². The first-order chi connectivity index (χ1) is 9.33. The number of rotatable bonds is 1. The highest BCUT2D eigenvalue weighted by atomic mass is 16.3. The van der Waals surface area contributed by atoms with Crippen LogP contribution in [0.25, 0.3) is 11.0 Å². The summed E-state index contributed by atoms with van der Waals surface area (Å²) >= 11 is 0. The molecule has 1 atom stereocenters. The number of furan rings is 1. The first kappa shape index (κ1) is 10.2. The Hall–Kier alpha value is -2.76. The number of para-hydroxylation sites is 2. The second kappa shape index (κ2) is 3.61. The molecule has 94 valence electrons. The molecule has 1 aliphatic heterocycles. The monoisotopic (exact) mass is 254 g/mol. The summed E-state index contributed by atoms with van der Waals surface area (Å²) in [7, 11) is 0. The average molecular weight is 254 g/mol. The van der Waals surface area contributed by atoms with E-state index in [1.807, 2.05) is 41.0 Å². The number of aromatic amines is 1. The van der Waals surface area contributed by atoms with Gasteiger partial charge in [-0.15, -0.1) is 0 Å². The van der Waals surface area contributed by atoms with Gasteiger partial charge >= 0.3 is 5.95 Å². The summed E-state index contributed by atoms with van der Waals surface area (Å²) in [4.78, 5) is 7.71. The van der Waals surface area contributed by atoms with E-state index in [-0.39, 0.29) is 6.17 Å². The number of nitrogens with zero attached hydrogens (tertiary/aromatic N) is 2. The van der Waals surface area contributed by atoms with E-state index in [4.69, 9.17) is 10.2 Å². The number of aliphatic imine (C=N–C) groups is 1. The Kier molecular flexibility index (Phi) is 1.94. The molecule has 6 heteroatoms. The van der Waals surface area contributed by atoms with Crippen molar-refractivity contribution in [3.8, 4) is 0 Å². The first-order valence-electron chi connectivity index (χ1n) is 5.99. The molecule has 0 aliphatic carbocycles. The molecular weight excluding hydrogens is 242 g/mol. The zero-order valence-electron chi connectivity index (χ0n) is 10.00. The largest absolute Gasteiger partial charge is 0.463 e. The predicted octanol–water partition coefficient (Wildman–Crippen LogP) is 1.34. The van der Waals surface area contributed by atoms with Crippen LogP contribution in [0, 0.1) is 0 Å². The molecule has 0 saturated carbocycles. The lowest BCUT2D eigenvalue weighted by atomic mass is 10.3. The SMILES string of the molecule is NC1=N[C@@H](c2ccco2)[n+]2c([nH]c3ccccc32)N1. The van der Waals surface area contributed by atoms with Gasteiger partial charge in [0, 0.05) is 0 Å². The van der Waals surface area contributed by atoms with E-state index in [1.165, 1.54) is 0 Å². The van der Waals surface area contributed by atoms with Gasteiger partial charge in [0.1, 0.15) is 11.0 Å². The molecule has 0 fully saturated rings. The third-order valence-corrected chi connectivity index (χ3v) is 3.21. The fourth-order valence-corrected chi connectivity index (χ4v) is 2.42. The van der Waals surface area contributed by atoms with Crippen molar-refractivity contribution in [1.82, 2.24) is 4.98 Å². The Labute approximate surface area is 108 Å². The lowest BCUT2D eigenvalue weighted by Gasteiger charge is -2.15. The van der Waals surface area contributed by atoms with Gasteiger partial charge in [0.15, 0.2) is 5.76 Å². The van der Waals surface area contributed by atoms with E-state index >= 15 is 0 Å². The zero-order valence-corrected chi connectivity index (χ0v) is 10.00. The first-order valence-corrected chi connectivity index (χ1v) is 5.99. The van der Waals surface area contributed by atoms with Crippen LogP contribution >= 0.6 is 0 Å². The summed E-state index contributed by atoms with van der Waals surface area (Å²) in [5.74, 6) is 1.92.